The first kappa shape index (κ1) is 7.67. The molecule has 62 valence electrons. The summed E-state index contributed by atoms with van der Waals surface area (Å²) < 4.78 is 0. The first-order valence-electron chi connectivity index (χ1n) is 3.61. The molecule has 0 radical (unpaired) electrons. The highest BCUT2D eigenvalue weighted by molar-refractivity contribution is 9.09. The summed E-state index contributed by atoms with van der Waals surface area (Å²) in [4.78, 5) is 15.4. The van der Waals surface area contributed by atoms with Gasteiger partial charge in [-0.25, -0.2) is 15.0 Å². The van der Waals surface area contributed by atoms with E-state index in [1.54, 1.807) is 12.5 Å². The van der Waals surface area contributed by atoms with Crippen molar-refractivity contribution in [2.24, 2.45) is 0 Å². The zero-order valence-corrected chi connectivity index (χ0v) is 7.87. The smallest absolute Gasteiger partial charge is 0.180 e. The van der Waals surface area contributed by atoms with E-state index >= 15 is 0 Å². The molecule has 0 unspecified atom stereocenters. The quantitative estimate of drug-likeness (QED) is 0.786. The molecule has 0 fully saturated rings. The highest BCUT2D eigenvalue weighted by Crippen LogP contribution is 2.04. The molecule has 4 nitrogen and oxygen atoms in total. The van der Waals surface area contributed by atoms with Crippen molar-refractivity contribution in [1.29, 1.82) is 0 Å². The van der Waals surface area contributed by atoms with Crippen LogP contribution in [0.25, 0.3) is 11.2 Å². The monoisotopic (exact) mass is 226 g/mol. The number of nitrogens with zero attached hydrogens (tertiary/aromatic N) is 3. The number of aryl methyl sites for hydroxylation is 1. The van der Waals surface area contributed by atoms with E-state index in [4.69, 9.17) is 0 Å². The summed E-state index contributed by atoms with van der Waals surface area (Å²) in [5.74, 6) is 0.825. The molecule has 0 saturated carbocycles. The average molecular weight is 227 g/mol. The number of H-pyrrole nitrogens is 1. The van der Waals surface area contributed by atoms with Gasteiger partial charge in [0, 0.05) is 11.8 Å². The highest BCUT2D eigenvalue weighted by Gasteiger charge is 1.99. The third-order valence-corrected chi connectivity index (χ3v) is 1.94. The Labute approximate surface area is 77.6 Å². The number of aromatic amines is 1. The second-order valence-corrected chi connectivity index (χ2v) is 3.16. The molecule has 0 aromatic carbocycles. The fraction of sp³-hybridized carbons (Fsp3) is 0.286. The van der Waals surface area contributed by atoms with Crippen LogP contribution in [0, 0.1) is 0 Å². The standard InChI is InChI=1S/C7H7BrN4/c8-2-1-6-9-3-5-7(12-6)11-4-10-5/h3-4H,1-2H2,(H,9,10,11,12). The van der Waals surface area contributed by atoms with Crippen LogP contribution in [0.5, 0.6) is 0 Å². The number of fused-ring (bicyclic) bond motifs is 1. The summed E-state index contributed by atoms with van der Waals surface area (Å²) in [5.41, 5.74) is 1.62. The van der Waals surface area contributed by atoms with Crippen molar-refractivity contribution in [2.45, 2.75) is 6.42 Å². The van der Waals surface area contributed by atoms with E-state index in [1.807, 2.05) is 0 Å². The molecule has 12 heavy (non-hydrogen) atoms. The Morgan fingerprint density at radius 3 is 3.17 bits per heavy atom. The predicted molar refractivity (Wildman–Crippen MR) is 49.2 cm³/mol. The van der Waals surface area contributed by atoms with Gasteiger partial charge < -0.3 is 4.98 Å². The molecule has 5 heteroatoms. The van der Waals surface area contributed by atoms with Gasteiger partial charge in [-0.15, -0.1) is 0 Å². The number of alkyl halides is 1. The summed E-state index contributed by atoms with van der Waals surface area (Å²) in [7, 11) is 0. The zero-order chi connectivity index (χ0) is 8.39. The van der Waals surface area contributed by atoms with E-state index in [0.717, 1.165) is 28.7 Å². The van der Waals surface area contributed by atoms with Crippen molar-refractivity contribution in [3.63, 3.8) is 0 Å². The second-order valence-electron chi connectivity index (χ2n) is 2.37. The number of nitrogens with one attached hydrogen (secondary N) is 1. The van der Waals surface area contributed by atoms with Gasteiger partial charge in [0.2, 0.25) is 0 Å². The Bertz CT molecular complexity index is 384. The van der Waals surface area contributed by atoms with Crippen LogP contribution in [0.3, 0.4) is 0 Å². The van der Waals surface area contributed by atoms with Crippen molar-refractivity contribution in [1.82, 2.24) is 19.9 Å². The van der Waals surface area contributed by atoms with E-state index < -0.39 is 0 Å². The molecular formula is C7H7BrN4. The van der Waals surface area contributed by atoms with Crippen molar-refractivity contribution in [3.05, 3.63) is 18.3 Å². The first-order valence-corrected chi connectivity index (χ1v) is 4.73. The number of hydrogen-bond acceptors (Lipinski definition) is 3. The molecule has 0 spiro atoms. The van der Waals surface area contributed by atoms with Crippen molar-refractivity contribution in [3.8, 4) is 0 Å². The van der Waals surface area contributed by atoms with Gasteiger partial charge >= 0.3 is 0 Å². The Kier molecular flexibility index (Phi) is 2.03. The van der Waals surface area contributed by atoms with Crippen molar-refractivity contribution < 1.29 is 0 Å². The molecule has 0 bridgehead atoms. The van der Waals surface area contributed by atoms with Crippen LogP contribution in [0.2, 0.25) is 0 Å². The van der Waals surface area contributed by atoms with E-state index in [2.05, 4.69) is 35.9 Å². The minimum absolute atomic E-state index is 0.737. The van der Waals surface area contributed by atoms with Gasteiger partial charge in [0.05, 0.1) is 12.5 Å². The summed E-state index contributed by atoms with van der Waals surface area (Å²) in [6, 6.07) is 0. The number of aromatic nitrogens is 4. The van der Waals surface area contributed by atoms with Crippen LogP contribution >= 0.6 is 15.9 Å². The third kappa shape index (κ3) is 1.32. The van der Waals surface area contributed by atoms with Crippen molar-refractivity contribution in [2.75, 3.05) is 5.33 Å². The fourth-order valence-corrected chi connectivity index (χ4v) is 1.33. The molecule has 0 saturated heterocycles. The van der Waals surface area contributed by atoms with Crippen LogP contribution in [0.4, 0.5) is 0 Å². The van der Waals surface area contributed by atoms with E-state index in [1.165, 1.54) is 0 Å². The lowest BCUT2D eigenvalue weighted by Gasteiger charge is -1.93. The summed E-state index contributed by atoms with van der Waals surface area (Å²) in [6.45, 7) is 0. The Balaban J connectivity index is 2.46. The van der Waals surface area contributed by atoms with Crippen LogP contribution in [-0.4, -0.2) is 25.3 Å². The minimum Gasteiger partial charge on any atom is -0.342 e. The van der Waals surface area contributed by atoms with Gasteiger partial charge in [-0.1, -0.05) is 15.9 Å². The summed E-state index contributed by atoms with van der Waals surface area (Å²) >= 11 is 3.33. The van der Waals surface area contributed by atoms with E-state index in [-0.39, 0.29) is 0 Å². The van der Waals surface area contributed by atoms with Gasteiger partial charge in [0.25, 0.3) is 0 Å². The fourth-order valence-electron chi connectivity index (χ4n) is 0.976. The number of imidazole rings is 1. The normalized spacial score (nSPS) is 10.8. The number of hydrogen-bond donors (Lipinski definition) is 1. The van der Waals surface area contributed by atoms with Gasteiger partial charge in [-0.05, 0) is 0 Å². The molecule has 0 aliphatic heterocycles. The minimum atomic E-state index is 0.737. The second kappa shape index (κ2) is 3.18. The lowest BCUT2D eigenvalue weighted by molar-refractivity contribution is 0.968. The van der Waals surface area contributed by atoms with Crippen LogP contribution < -0.4 is 0 Å². The highest BCUT2D eigenvalue weighted by atomic mass is 79.9. The Hall–Kier alpha value is -0.970. The molecule has 1 N–H and O–H groups in total. The molecular weight excluding hydrogens is 220 g/mol. The molecule has 2 aromatic rings. The Morgan fingerprint density at radius 1 is 1.42 bits per heavy atom. The third-order valence-electron chi connectivity index (χ3n) is 1.54. The molecule has 2 aromatic heterocycles. The molecule has 0 atom stereocenters. The van der Waals surface area contributed by atoms with Crippen molar-refractivity contribution >= 4 is 27.1 Å². The topological polar surface area (TPSA) is 54.5 Å². The maximum absolute atomic E-state index is 4.24. The zero-order valence-electron chi connectivity index (χ0n) is 6.29. The van der Waals surface area contributed by atoms with Gasteiger partial charge in [0.15, 0.2) is 5.65 Å². The molecule has 0 aliphatic carbocycles. The predicted octanol–water partition coefficient (Wildman–Crippen LogP) is 1.29. The van der Waals surface area contributed by atoms with E-state index in [0.29, 0.717) is 0 Å². The summed E-state index contributed by atoms with van der Waals surface area (Å²) in [5, 5.41) is 0.878. The van der Waals surface area contributed by atoms with Gasteiger partial charge in [-0.2, -0.15) is 0 Å². The van der Waals surface area contributed by atoms with Gasteiger partial charge in [-0.3, -0.25) is 0 Å². The molecule has 2 rings (SSSR count). The SMILES string of the molecule is BrCCc1ncc2[nH]cnc2n1. The van der Waals surface area contributed by atoms with E-state index in [9.17, 15) is 0 Å². The lowest BCUT2D eigenvalue weighted by atomic mass is 10.4. The number of rotatable bonds is 2. The maximum Gasteiger partial charge on any atom is 0.180 e. The van der Waals surface area contributed by atoms with Gasteiger partial charge in [0.1, 0.15) is 11.3 Å². The maximum atomic E-state index is 4.24. The Morgan fingerprint density at radius 2 is 2.33 bits per heavy atom. The van der Waals surface area contributed by atoms with Crippen LogP contribution in [0.1, 0.15) is 5.82 Å². The average Bonchev–Trinajstić information content (AvgIpc) is 2.51. The molecule has 2 heterocycles. The largest absolute Gasteiger partial charge is 0.342 e. The number of halogens is 1. The summed E-state index contributed by atoms with van der Waals surface area (Å²) in [6.07, 6.45) is 4.22. The van der Waals surface area contributed by atoms with Crippen LogP contribution in [-0.2, 0) is 6.42 Å². The first-order chi connectivity index (χ1) is 5.90. The molecule has 0 aliphatic rings. The van der Waals surface area contributed by atoms with Crippen LogP contribution in [0.15, 0.2) is 12.5 Å². The lowest BCUT2D eigenvalue weighted by Crippen LogP contribution is -1.95. The molecule has 0 amide bonds.